The summed E-state index contributed by atoms with van der Waals surface area (Å²) in [5.41, 5.74) is 0.713. The lowest BCUT2D eigenvalue weighted by Gasteiger charge is -2.35. The molecule has 0 saturated carbocycles. The first-order valence-electron chi connectivity index (χ1n) is 7.76. The highest BCUT2D eigenvalue weighted by Crippen LogP contribution is 2.15. The number of carbonyl (C=O) groups is 1. The van der Waals surface area contributed by atoms with E-state index in [2.05, 4.69) is 18.7 Å². The van der Waals surface area contributed by atoms with Crippen molar-refractivity contribution >= 4 is 5.91 Å². The maximum atomic E-state index is 12.5. The van der Waals surface area contributed by atoms with E-state index in [-0.39, 0.29) is 5.91 Å². The van der Waals surface area contributed by atoms with Crippen LogP contribution < -0.4 is 4.74 Å². The van der Waals surface area contributed by atoms with E-state index < -0.39 is 0 Å². The average molecular weight is 290 g/mol. The van der Waals surface area contributed by atoms with Crippen LogP contribution in [0.25, 0.3) is 0 Å². The number of methoxy groups -OCH3 is 1. The van der Waals surface area contributed by atoms with E-state index in [0.717, 1.165) is 44.4 Å². The first kappa shape index (κ1) is 15.8. The van der Waals surface area contributed by atoms with Crippen LogP contribution in [0.3, 0.4) is 0 Å². The smallest absolute Gasteiger partial charge is 0.254 e. The van der Waals surface area contributed by atoms with Gasteiger partial charge in [0.25, 0.3) is 5.91 Å². The third-order valence-electron chi connectivity index (χ3n) is 4.00. The van der Waals surface area contributed by atoms with E-state index in [1.54, 1.807) is 7.11 Å². The molecule has 21 heavy (non-hydrogen) atoms. The van der Waals surface area contributed by atoms with Gasteiger partial charge in [-0.25, -0.2) is 0 Å². The average Bonchev–Trinajstić information content (AvgIpc) is 2.52. The van der Waals surface area contributed by atoms with E-state index in [1.165, 1.54) is 6.42 Å². The summed E-state index contributed by atoms with van der Waals surface area (Å²) in [7, 11) is 1.62. The molecule has 1 aromatic rings. The number of benzene rings is 1. The Hall–Kier alpha value is -1.55. The number of amides is 1. The van der Waals surface area contributed by atoms with Gasteiger partial charge in [-0.05, 0) is 37.1 Å². The fourth-order valence-corrected chi connectivity index (χ4v) is 2.55. The molecule has 1 aliphatic heterocycles. The zero-order valence-corrected chi connectivity index (χ0v) is 13.3. The zero-order valence-electron chi connectivity index (χ0n) is 13.3. The van der Waals surface area contributed by atoms with Gasteiger partial charge < -0.3 is 9.64 Å². The fourth-order valence-electron chi connectivity index (χ4n) is 2.55. The Kier molecular flexibility index (Phi) is 5.62. The summed E-state index contributed by atoms with van der Waals surface area (Å²) in [5.74, 6) is 1.58. The third kappa shape index (κ3) is 4.46. The van der Waals surface area contributed by atoms with Crippen molar-refractivity contribution in [3.05, 3.63) is 29.8 Å². The summed E-state index contributed by atoms with van der Waals surface area (Å²) in [6, 6.07) is 7.40. The Morgan fingerprint density at radius 2 is 1.95 bits per heavy atom. The summed E-state index contributed by atoms with van der Waals surface area (Å²) in [5, 5.41) is 0. The molecule has 0 spiro atoms. The molecule has 1 saturated heterocycles. The van der Waals surface area contributed by atoms with Crippen LogP contribution in [-0.4, -0.2) is 55.5 Å². The molecule has 116 valence electrons. The van der Waals surface area contributed by atoms with Crippen LogP contribution in [0.2, 0.25) is 0 Å². The van der Waals surface area contributed by atoms with Crippen molar-refractivity contribution in [3.63, 3.8) is 0 Å². The highest BCUT2D eigenvalue weighted by molar-refractivity contribution is 5.94. The molecule has 0 unspecified atom stereocenters. The monoisotopic (exact) mass is 290 g/mol. The van der Waals surface area contributed by atoms with Gasteiger partial charge in [0.1, 0.15) is 5.75 Å². The van der Waals surface area contributed by atoms with E-state index >= 15 is 0 Å². The zero-order chi connectivity index (χ0) is 15.2. The number of rotatable bonds is 5. The van der Waals surface area contributed by atoms with Gasteiger partial charge in [0.05, 0.1) is 7.11 Å². The van der Waals surface area contributed by atoms with Gasteiger partial charge in [0, 0.05) is 31.7 Å². The van der Waals surface area contributed by atoms with Gasteiger partial charge in [-0.1, -0.05) is 19.9 Å². The summed E-state index contributed by atoms with van der Waals surface area (Å²) in [6.45, 7) is 9.22. The number of hydrogen-bond donors (Lipinski definition) is 0. The Balaban J connectivity index is 1.88. The molecule has 0 atom stereocenters. The molecule has 1 amide bonds. The van der Waals surface area contributed by atoms with Crippen LogP contribution in [-0.2, 0) is 0 Å². The Morgan fingerprint density at radius 1 is 1.24 bits per heavy atom. The minimum atomic E-state index is 0.109. The van der Waals surface area contributed by atoms with Crippen LogP contribution in [0.5, 0.6) is 5.75 Å². The summed E-state index contributed by atoms with van der Waals surface area (Å²) in [4.78, 5) is 16.9. The first-order chi connectivity index (χ1) is 10.1. The molecule has 1 aromatic carbocycles. The molecule has 4 nitrogen and oxygen atoms in total. The second-order valence-corrected chi connectivity index (χ2v) is 6.05. The number of piperazine rings is 1. The minimum Gasteiger partial charge on any atom is -0.497 e. The second-order valence-electron chi connectivity index (χ2n) is 6.05. The van der Waals surface area contributed by atoms with Gasteiger partial charge in [-0.15, -0.1) is 0 Å². The molecule has 1 fully saturated rings. The standard InChI is InChI=1S/C17H26N2O2/c1-14(2)7-8-18-9-11-19(12-10-18)17(20)15-5-4-6-16(13-15)21-3/h4-6,13-14H,7-12H2,1-3H3. The quantitative estimate of drug-likeness (QED) is 0.835. The highest BCUT2D eigenvalue weighted by atomic mass is 16.5. The predicted octanol–water partition coefficient (Wildman–Crippen LogP) is 2.50. The van der Waals surface area contributed by atoms with Crippen molar-refractivity contribution in [3.8, 4) is 5.75 Å². The second kappa shape index (κ2) is 7.46. The fraction of sp³-hybridized carbons (Fsp3) is 0.588. The molecule has 0 N–H and O–H groups in total. The third-order valence-corrected chi connectivity index (χ3v) is 4.00. The Labute approximate surface area is 127 Å². The summed E-state index contributed by atoms with van der Waals surface area (Å²) < 4.78 is 5.18. The van der Waals surface area contributed by atoms with E-state index in [4.69, 9.17) is 4.74 Å². The maximum Gasteiger partial charge on any atom is 0.254 e. The van der Waals surface area contributed by atoms with Crippen LogP contribution in [0, 0.1) is 5.92 Å². The van der Waals surface area contributed by atoms with Crippen molar-refractivity contribution < 1.29 is 9.53 Å². The first-order valence-corrected chi connectivity index (χ1v) is 7.76. The van der Waals surface area contributed by atoms with Crippen molar-refractivity contribution in [2.24, 2.45) is 5.92 Å². The summed E-state index contributed by atoms with van der Waals surface area (Å²) >= 11 is 0. The predicted molar refractivity (Wildman–Crippen MR) is 84.8 cm³/mol. The molecule has 1 heterocycles. The normalized spacial score (nSPS) is 16.3. The summed E-state index contributed by atoms with van der Waals surface area (Å²) in [6.07, 6.45) is 1.23. The van der Waals surface area contributed by atoms with Crippen molar-refractivity contribution in [2.75, 3.05) is 39.8 Å². The molecule has 0 radical (unpaired) electrons. The largest absolute Gasteiger partial charge is 0.497 e. The number of hydrogen-bond acceptors (Lipinski definition) is 3. The Bertz CT molecular complexity index is 466. The Morgan fingerprint density at radius 3 is 2.57 bits per heavy atom. The highest BCUT2D eigenvalue weighted by Gasteiger charge is 2.22. The molecule has 1 aliphatic rings. The minimum absolute atomic E-state index is 0.109. The number of ether oxygens (including phenoxy) is 1. The van der Waals surface area contributed by atoms with Crippen LogP contribution in [0.1, 0.15) is 30.6 Å². The molecule has 0 bridgehead atoms. The van der Waals surface area contributed by atoms with Crippen molar-refractivity contribution in [2.45, 2.75) is 20.3 Å². The van der Waals surface area contributed by atoms with Gasteiger partial charge in [-0.2, -0.15) is 0 Å². The van der Waals surface area contributed by atoms with E-state index in [0.29, 0.717) is 5.56 Å². The van der Waals surface area contributed by atoms with Gasteiger partial charge in [-0.3, -0.25) is 9.69 Å². The molecule has 4 heteroatoms. The lowest BCUT2D eigenvalue weighted by Crippen LogP contribution is -2.49. The van der Waals surface area contributed by atoms with Crippen molar-refractivity contribution in [1.29, 1.82) is 0 Å². The van der Waals surface area contributed by atoms with Crippen LogP contribution in [0.15, 0.2) is 24.3 Å². The van der Waals surface area contributed by atoms with Crippen molar-refractivity contribution in [1.82, 2.24) is 9.80 Å². The lowest BCUT2D eigenvalue weighted by atomic mass is 10.1. The lowest BCUT2D eigenvalue weighted by molar-refractivity contribution is 0.0631. The molecule has 0 aliphatic carbocycles. The number of carbonyl (C=O) groups excluding carboxylic acids is 1. The molecule has 2 rings (SSSR count). The molecular formula is C17H26N2O2. The van der Waals surface area contributed by atoms with E-state index in [1.807, 2.05) is 29.2 Å². The van der Waals surface area contributed by atoms with E-state index in [9.17, 15) is 4.79 Å². The van der Waals surface area contributed by atoms with Crippen LogP contribution in [0.4, 0.5) is 0 Å². The van der Waals surface area contributed by atoms with Crippen LogP contribution >= 0.6 is 0 Å². The van der Waals surface area contributed by atoms with Gasteiger partial charge >= 0.3 is 0 Å². The number of nitrogens with zero attached hydrogens (tertiary/aromatic N) is 2. The van der Waals surface area contributed by atoms with Gasteiger partial charge in [0.15, 0.2) is 0 Å². The molecular weight excluding hydrogens is 264 g/mol. The molecule has 0 aromatic heterocycles. The topological polar surface area (TPSA) is 32.8 Å². The SMILES string of the molecule is COc1cccc(C(=O)N2CCN(CCC(C)C)CC2)c1. The maximum absolute atomic E-state index is 12.5. The van der Waals surface area contributed by atoms with Gasteiger partial charge in [0.2, 0.25) is 0 Å².